The summed E-state index contributed by atoms with van der Waals surface area (Å²) < 4.78 is 17.1. The first-order valence-electron chi connectivity index (χ1n) is 1.46. The van der Waals surface area contributed by atoms with Gasteiger partial charge in [0.25, 0.3) is 0 Å². The van der Waals surface area contributed by atoms with Gasteiger partial charge in [0, 0.05) is 0 Å². The predicted molar refractivity (Wildman–Crippen MR) is 15.2 cm³/mol. The van der Waals surface area contributed by atoms with E-state index >= 15 is 0 Å². The van der Waals surface area contributed by atoms with Crippen LogP contribution < -0.4 is 29.4 Å². The topological polar surface area (TPSA) is 172 Å². The molecule has 0 atom stereocenters. The average molecular weight is 361 g/mol. The van der Waals surface area contributed by atoms with Crippen LogP contribution in [0.4, 0.5) is 0 Å². The maximum absolute atomic E-state index is 8.55. The molecule has 0 aliphatic heterocycles. The third-order valence-corrected chi connectivity index (χ3v) is 0. The van der Waals surface area contributed by atoms with Crippen LogP contribution in [0.2, 0.25) is 0 Å². The molecule has 0 amide bonds. The van der Waals surface area contributed by atoms with Gasteiger partial charge in [-0.3, -0.25) is 0 Å². The molecule has 8 nitrogen and oxygen atoms in total. The van der Waals surface area contributed by atoms with Crippen molar-refractivity contribution in [2.75, 3.05) is 0 Å². The second-order valence-electron chi connectivity index (χ2n) is 0.894. The van der Waals surface area contributed by atoms with Gasteiger partial charge in [0.05, 0.1) is 0 Å². The van der Waals surface area contributed by atoms with Crippen molar-refractivity contribution < 1.29 is 89.4 Å². The molecule has 0 fully saturated rings. The molecule has 0 bridgehead atoms. The molecule has 0 aliphatic rings. The van der Waals surface area contributed by atoms with Crippen molar-refractivity contribution in [1.82, 2.24) is 0 Å². The van der Waals surface area contributed by atoms with E-state index in [1.165, 1.54) is 0 Å². The summed E-state index contributed by atoms with van der Waals surface area (Å²) in [5.74, 6) is 0. The largest absolute Gasteiger partial charge is 2.00 e. The molecule has 0 unspecified atom stereocenters. The maximum atomic E-state index is 8.55. The molecule has 13 heteroatoms. The third kappa shape index (κ3) is 611. The van der Waals surface area contributed by atoms with Crippen molar-refractivity contribution in [3.05, 3.63) is 0 Å². The van der Waals surface area contributed by atoms with Crippen molar-refractivity contribution in [3.63, 3.8) is 0 Å². The zero-order valence-electron chi connectivity index (χ0n) is 5.20. The van der Waals surface area contributed by atoms with Crippen molar-refractivity contribution in [2.45, 2.75) is 0 Å². The van der Waals surface area contributed by atoms with Crippen LogP contribution in [0.15, 0.2) is 0 Å². The van der Waals surface area contributed by atoms with Crippen LogP contribution in [0.5, 0.6) is 0 Å². The summed E-state index contributed by atoms with van der Waals surface area (Å²) in [4.78, 5) is 51.3. The van der Waals surface area contributed by atoms with Gasteiger partial charge in [-0.1, -0.05) is 0 Å². The number of rotatable bonds is 0. The van der Waals surface area contributed by atoms with Crippen molar-refractivity contribution in [3.8, 4) is 0 Å². The normalized spacial score (nSPS) is 9.08. The van der Waals surface area contributed by atoms with Crippen LogP contribution in [0.25, 0.3) is 0 Å². The van der Waals surface area contributed by atoms with Crippen LogP contribution in [0.1, 0.15) is 0 Å². The summed E-state index contributed by atoms with van der Waals surface area (Å²) in [5, 5.41) is 0. The maximum Gasteiger partial charge on any atom is 2.00 e. The molecule has 0 aromatic rings. The van der Waals surface area contributed by atoms with E-state index in [0.29, 0.717) is 0 Å². The van der Waals surface area contributed by atoms with E-state index in [1.807, 2.05) is 0 Å². The third-order valence-electron chi connectivity index (χ3n) is 0. The van der Waals surface area contributed by atoms with Gasteiger partial charge in [0.1, 0.15) is 0 Å². The summed E-state index contributed by atoms with van der Waals surface area (Å²) in [5.41, 5.74) is 0. The Kier molecular flexibility index (Phi) is 26.7. The Morgan fingerprint density at radius 3 is 0.615 bits per heavy atom. The van der Waals surface area contributed by atoms with Crippen LogP contribution in [0.3, 0.4) is 0 Å². The first kappa shape index (κ1) is 29.3. The minimum atomic E-state index is -5.39. The molecule has 0 heterocycles. The molecular weight excluding hydrogens is 361 g/mol. The monoisotopic (exact) mass is 361 g/mol. The van der Waals surface area contributed by atoms with Gasteiger partial charge in [-0.2, -0.15) is 15.6 Å². The van der Waals surface area contributed by atoms with Gasteiger partial charge in [-0.25, -0.2) is 0 Å². The second kappa shape index (κ2) is 11.8. The smallest absolute Gasteiger partial charge is 0.822 e. The summed E-state index contributed by atoms with van der Waals surface area (Å²) >= 11 is 0. The fourth-order valence-electron chi connectivity index (χ4n) is 0. The van der Waals surface area contributed by atoms with E-state index in [9.17, 15) is 0 Å². The van der Waals surface area contributed by atoms with Crippen LogP contribution in [-0.2, 0) is 60.0 Å². The first-order valence-corrected chi connectivity index (χ1v) is 4.38. The van der Waals surface area contributed by atoms with Gasteiger partial charge in [-0.05, 0) is 0 Å². The number of hydrogen-bond acceptors (Lipinski definition) is 8. The van der Waals surface area contributed by atoms with Crippen molar-refractivity contribution in [2.24, 2.45) is 0 Å². The second-order valence-corrected chi connectivity index (χ2v) is 2.68. The molecule has 0 N–H and O–H groups in total. The number of hydrogen-bond donors (Lipinski definition) is 0. The minimum absolute atomic E-state index is 0. The van der Waals surface area contributed by atoms with E-state index in [1.54, 1.807) is 0 Å². The van der Waals surface area contributed by atoms with E-state index in [-0.39, 0.29) is 50.9 Å². The van der Waals surface area contributed by atoms with Crippen molar-refractivity contribution >= 4 is 15.6 Å². The molecule has 0 saturated carbocycles. The Hall–Kier alpha value is 1.77. The Balaban J connectivity index is -0.0000000267. The Morgan fingerprint density at radius 1 is 0.615 bits per heavy atom. The molecule has 0 aromatic carbocycles. The van der Waals surface area contributed by atoms with Crippen molar-refractivity contribution in [1.29, 1.82) is 0 Å². The molecule has 0 spiro atoms. The zero-order chi connectivity index (χ0) is 9.00. The number of phosphoric acid groups is 2. The van der Waals surface area contributed by atoms with Crippen LogP contribution in [-0.4, -0.2) is 0 Å². The Bertz CT molecular complexity index is 132. The summed E-state index contributed by atoms with van der Waals surface area (Å²) in [6.07, 6.45) is 0. The van der Waals surface area contributed by atoms with E-state index in [0.717, 1.165) is 0 Å². The molecule has 13 heavy (non-hydrogen) atoms. The average Bonchev–Trinajstić information content (AvgIpc) is 1.12. The molecule has 0 aliphatic carbocycles. The quantitative estimate of drug-likeness (QED) is 0.303. The Labute approximate surface area is 105 Å². The summed E-state index contributed by atoms with van der Waals surface area (Å²) in [6.45, 7) is 0. The standard InChI is InChI=1S/Co.2Fe.2H3O4P/c;;;2*1-5(2,3)4/h;;;2*(H3,1,2,3,4)/q3*+2;;/p-6. The molecule has 0 saturated heterocycles. The fraction of sp³-hybridized carbons (Fsp3) is 0. The van der Waals surface area contributed by atoms with Gasteiger partial charge >= 0.3 is 50.9 Å². The van der Waals surface area contributed by atoms with Gasteiger partial charge in [-0.15, -0.1) is 0 Å². The van der Waals surface area contributed by atoms with Gasteiger partial charge < -0.3 is 38.5 Å². The van der Waals surface area contributed by atoms with Crippen LogP contribution in [0, 0.1) is 0 Å². The van der Waals surface area contributed by atoms with Crippen LogP contribution >= 0.6 is 15.6 Å². The molecule has 83 valence electrons. The van der Waals surface area contributed by atoms with Gasteiger partial charge in [0.15, 0.2) is 0 Å². The predicted octanol–water partition coefficient (Wildman–Crippen LogP) is -5.66. The SMILES string of the molecule is O=P([O-])([O-])[O-].O=P([O-])([O-])[O-].[Co+2].[Fe+2].[Fe+2]. The van der Waals surface area contributed by atoms with E-state index < -0.39 is 15.6 Å². The summed E-state index contributed by atoms with van der Waals surface area (Å²) in [7, 11) is -10.8. The zero-order valence-corrected chi connectivity index (χ0v) is 10.2. The van der Waals surface area contributed by atoms with E-state index in [4.69, 9.17) is 38.5 Å². The molecule has 1 radical (unpaired) electrons. The summed E-state index contributed by atoms with van der Waals surface area (Å²) in [6, 6.07) is 0. The minimum Gasteiger partial charge on any atom is -0.822 e. The molecule has 0 rings (SSSR count). The Morgan fingerprint density at radius 2 is 0.615 bits per heavy atom. The molecule has 0 aromatic heterocycles. The fourth-order valence-corrected chi connectivity index (χ4v) is 0. The van der Waals surface area contributed by atoms with E-state index in [2.05, 4.69) is 0 Å². The first-order chi connectivity index (χ1) is 4.00. The molecular formula is CoFe2O8P2. The van der Waals surface area contributed by atoms with Gasteiger partial charge in [0.2, 0.25) is 0 Å².